The molecule has 5 N–H and O–H groups in total. The Kier molecular flexibility index (Phi) is 3.75. The molecule has 7 heteroatoms. The number of methoxy groups -OCH3 is 1. The molecule has 1 aromatic rings. The molecule has 0 bridgehead atoms. The largest absolute Gasteiger partial charge is 0.490 e. The quantitative estimate of drug-likeness (QED) is 0.626. The van der Waals surface area contributed by atoms with Crippen molar-refractivity contribution in [2.45, 2.75) is 6.92 Å². The third-order valence-electron chi connectivity index (χ3n) is 1.72. The third kappa shape index (κ3) is 2.51. The highest BCUT2D eigenvalue weighted by molar-refractivity contribution is 8.00. The van der Waals surface area contributed by atoms with Crippen LogP contribution in [0.25, 0.3) is 5.70 Å². The number of hydrogen-bond acceptors (Lipinski definition) is 6. The van der Waals surface area contributed by atoms with Crippen LogP contribution < -0.4 is 21.2 Å². The highest BCUT2D eigenvalue weighted by Gasteiger charge is 2.08. The molecule has 15 heavy (non-hydrogen) atoms. The molecule has 82 valence electrons. The summed E-state index contributed by atoms with van der Waals surface area (Å²) in [6.45, 7) is 1.67. The molecular weight excluding hydrogens is 216 g/mol. The zero-order chi connectivity index (χ0) is 11.4. The fourth-order valence-corrected chi connectivity index (χ4v) is 1.34. The highest BCUT2D eigenvalue weighted by atomic mass is 32.2. The summed E-state index contributed by atoms with van der Waals surface area (Å²) in [5.41, 5.74) is 6.05. The van der Waals surface area contributed by atoms with E-state index in [1.54, 1.807) is 6.92 Å². The standard InChI is InChI=1S/C8H12N4O2S/c1-4-6(14-2)8(13)12-7(11-4)5(9)3-15-10/h3H,9-10H2,1-2H3,(H,11,12,13)/b5-3-. The van der Waals surface area contributed by atoms with Gasteiger partial charge in [-0.1, -0.05) is 11.9 Å². The number of nitrogens with two attached hydrogens (primary N) is 2. The fourth-order valence-electron chi connectivity index (χ4n) is 1.08. The predicted molar refractivity (Wildman–Crippen MR) is 60.1 cm³/mol. The number of nitrogens with one attached hydrogen (secondary N) is 1. The van der Waals surface area contributed by atoms with E-state index in [1.165, 1.54) is 12.5 Å². The van der Waals surface area contributed by atoms with Crippen LogP contribution in [0.4, 0.5) is 0 Å². The summed E-state index contributed by atoms with van der Waals surface area (Å²) >= 11 is 0.946. The van der Waals surface area contributed by atoms with Gasteiger partial charge in [-0.25, -0.2) is 4.98 Å². The maximum Gasteiger partial charge on any atom is 0.293 e. The average molecular weight is 228 g/mol. The second-order valence-corrected chi connectivity index (χ2v) is 3.25. The van der Waals surface area contributed by atoms with Crippen LogP contribution in [0.3, 0.4) is 0 Å². The van der Waals surface area contributed by atoms with Gasteiger partial charge in [0.15, 0.2) is 5.82 Å². The van der Waals surface area contributed by atoms with Gasteiger partial charge in [0.05, 0.1) is 18.5 Å². The van der Waals surface area contributed by atoms with Crippen LogP contribution in [0.5, 0.6) is 5.75 Å². The molecule has 1 rings (SSSR count). The van der Waals surface area contributed by atoms with Crippen LogP contribution in [-0.4, -0.2) is 17.1 Å². The van der Waals surface area contributed by atoms with Crippen LogP contribution in [0.15, 0.2) is 10.2 Å². The third-order valence-corrected chi connectivity index (χ3v) is 2.11. The van der Waals surface area contributed by atoms with Crippen molar-refractivity contribution in [3.8, 4) is 5.75 Å². The van der Waals surface area contributed by atoms with Gasteiger partial charge in [0.2, 0.25) is 5.75 Å². The number of hydrogen-bond donors (Lipinski definition) is 3. The molecule has 0 atom stereocenters. The summed E-state index contributed by atoms with van der Waals surface area (Å²) < 4.78 is 4.87. The first-order valence-electron chi connectivity index (χ1n) is 4.06. The van der Waals surface area contributed by atoms with Gasteiger partial charge in [-0.2, -0.15) is 0 Å². The first kappa shape index (κ1) is 11.6. The molecule has 0 radical (unpaired) electrons. The van der Waals surface area contributed by atoms with E-state index in [1.807, 2.05) is 0 Å². The molecule has 0 fully saturated rings. The zero-order valence-electron chi connectivity index (χ0n) is 8.40. The topological polar surface area (TPSA) is 107 Å². The van der Waals surface area contributed by atoms with E-state index in [4.69, 9.17) is 15.6 Å². The normalized spacial score (nSPS) is 11.5. The lowest BCUT2D eigenvalue weighted by Crippen LogP contribution is -2.17. The number of aromatic nitrogens is 2. The summed E-state index contributed by atoms with van der Waals surface area (Å²) in [7, 11) is 1.41. The fraction of sp³-hybridized carbons (Fsp3) is 0.250. The molecular formula is C8H12N4O2S. The maximum atomic E-state index is 11.5. The Morgan fingerprint density at radius 2 is 2.33 bits per heavy atom. The molecule has 0 aromatic carbocycles. The van der Waals surface area contributed by atoms with Crippen molar-refractivity contribution in [1.29, 1.82) is 0 Å². The van der Waals surface area contributed by atoms with Gasteiger partial charge >= 0.3 is 0 Å². The molecule has 6 nitrogen and oxygen atoms in total. The molecule has 0 aliphatic carbocycles. The molecule has 0 amide bonds. The Morgan fingerprint density at radius 3 is 2.80 bits per heavy atom. The van der Waals surface area contributed by atoms with Crippen LogP contribution >= 0.6 is 11.9 Å². The van der Waals surface area contributed by atoms with E-state index in [2.05, 4.69) is 9.97 Å². The molecule has 1 aromatic heterocycles. The van der Waals surface area contributed by atoms with E-state index in [9.17, 15) is 4.79 Å². The minimum absolute atomic E-state index is 0.187. The van der Waals surface area contributed by atoms with E-state index < -0.39 is 0 Å². The Hall–Kier alpha value is -1.47. The van der Waals surface area contributed by atoms with Crippen molar-refractivity contribution in [1.82, 2.24) is 9.97 Å². The van der Waals surface area contributed by atoms with E-state index >= 15 is 0 Å². The molecule has 0 saturated carbocycles. The van der Waals surface area contributed by atoms with Gasteiger partial charge in [-0.3, -0.25) is 9.93 Å². The SMILES string of the molecule is COc1c(C)nc(/C(N)=C/SN)[nH]c1=O. The lowest BCUT2D eigenvalue weighted by Gasteiger charge is -2.05. The number of rotatable bonds is 3. The Labute approximate surface area is 90.9 Å². The van der Waals surface area contributed by atoms with Crippen LogP contribution in [0.2, 0.25) is 0 Å². The van der Waals surface area contributed by atoms with Crippen molar-refractivity contribution < 1.29 is 4.74 Å². The van der Waals surface area contributed by atoms with Gasteiger partial charge in [0, 0.05) is 5.41 Å². The number of H-pyrrole nitrogens is 1. The van der Waals surface area contributed by atoms with Crippen molar-refractivity contribution in [3.05, 3.63) is 27.3 Å². The number of aromatic amines is 1. The number of ether oxygens (including phenoxy) is 1. The summed E-state index contributed by atoms with van der Waals surface area (Å²) in [6, 6.07) is 0. The molecule has 0 spiro atoms. The minimum atomic E-state index is -0.363. The Morgan fingerprint density at radius 1 is 1.67 bits per heavy atom. The van der Waals surface area contributed by atoms with Crippen molar-refractivity contribution in [2.24, 2.45) is 10.9 Å². The zero-order valence-corrected chi connectivity index (χ0v) is 9.22. The van der Waals surface area contributed by atoms with Crippen molar-refractivity contribution in [3.63, 3.8) is 0 Å². The second kappa shape index (κ2) is 4.85. The molecule has 0 aliphatic heterocycles. The molecule has 0 unspecified atom stereocenters. The average Bonchev–Trinajstić information content (AvgIpc) is 2.17. The molecule has 0 aliphatic rings. The highest BCUT2D eigenvalue weighted by Crippen LogP contribution is 2.11. The first-order valence-corrected chi connectivity index (χ1v) is 5.01. The second-order valence-electron chi connectivity index (χ2n) is 2.74. The van der Waals surface area contributed by atoms with Gasteiger partial charge in [-0.15, -0.1) is 0 Å². The van der Waals surface area contributed by atoms with Gasteiger partial charge in [0.25, 0.3) is 5.56 Å². The lowest BCUT2D eigenvalue weighted by atomic mass is 10.3. The molecule has 0 saturated heterocycles. The smallest absolute Gasteiger partial charge is 0.293 e. The summed E-state index contributed by atoms with van der Waals surface area (Å²) in [5, 5.41) is 6.71. The van der Waals surface area contributed by atoms with Gasteiger partial charge < -0.3 is 15.5 Å². The Balaban J connectivity index is 3.26. The minimum Gasteiger partial charge on any atom is -0.490 e. The summed E-state index contributed by atoms with van der Waals surface area (Å²) in [5.74, 6) is 0.475. The number of nitrogens with zero attached hydrogens (tertiary/aromatic N) is 1. The number of aryl methyl sites for hydroxylation is 1. The van der Waals surface area contributed by atoms with Gasteiger partial charge in [-0.05, 0) is 6.92 Å². The van der Waals surface area contributed by atoms with Gasteiger partial charge in [0.1, 0.15) is 0 Å². The van der Waals surface area contributed by atoms with E-state index in [0.717, 1.165) is 11.9 Å². The van der Waals surface area contributed by atoms with Crippen molar-refractivity contribution in [2.75, 3.05) is 7.11 Å². The molecule has 1 heterocycles. The predicted octanol–water partition coefficient (Wildman–Crippen LogP) is -0.0491. The summed E-state index contributed by atoms with van der Waals surface area (Å²) in [4.78, 5) is 18.0. The summed E-state index contributed by atoms with van der Waals surface area (Å²) in [6.07, 6.45) is 0. The Bertz CT molecular complexity index is 441. The van der Waals surface area contributed by atoms with Crippen molar-refractivity contribution >= 4 is 17.6 Å². The lowest BCUT2D eigenvalue weighted by molar-refractivity contribution is 0.402. The first-order chi connectivity index (χ1) is 7.10. The maximum absolute atomic E-state index is 11.5. The van der Waals surface area contributed by atoms with E-state index in [0.29, 0.717) is 11.4 Å². The van der Waals surface area contributed by atoms with Crippen LogP contribution in [0.1, 0.15) is 11.5 Å². The van der Waals surface area contributed by atoms with Crippen LogP contribution in [-0.2, 0) is 0 Å². The van der Waals surface area contributed by atoms with Crippen LogP contribution in [0, 0.1) is 6.92 Å². The van der Waals surface area contributed by atoms with E-state index in [-0.39, 0.29) is 17.1 Å². The monoisotopic (exact) mass is 228 g/mol.